The second-order valence-electron chi connectivity index (χ2n) is 6.70. The first-order valence-electron chi connectivity index (χ1n) is 9.77. The first kappa shape index (κ1) is 23.8. The molecule has 0 unspecified atom stereocenters. The van der Waals surface area contributed by atoms with Crippen LogP contribution in [0, 0.1) is 10.1 Å². The van der Waals surface area contributed by atoms with Crippen molar-refractivity contribution in [1.29, 1.82) is 0 Å². The van der Waals surface area contributed by atoms with Gasteiger partial charge < -0.3 is 14.2 Å². The van der Waals surface area contributed by atoms with Crippen LogP contribution in [0.15, 0.2) is 47.4 Å². The number of amides is 2. The van der Waals surface area contributed by atoms with Crippen molar-refractivity contribution in [1.82, 2.24) is 4.90 Å². The van der Waals surface area contributed by atoms with E-state index < -0.39 is 22.0 Å². The van der Waals surface area contributed by atoms with Crippen molar-refractivity contribution in [2.24, 2.45) is 0 Å². The lowest BCUT2D eigenvalue weighted by Gasteiger charge is -2.12. The van der Waals surface area contributed by atoms with Crippen LogP contribution < -0.4 is 9.47 Å². The Kier molecular flexibility index (Phi) is 7.67. The molecule has 11 heteroatoms. The Morgan fingerprint density at radius 3 is 2.64 bits per heavy atom. The van der Waals surface area contributed by atoms with Gasteiger partial charge in [-0.25, -0.2) is 4.79 Å². The van der Waals surface area contributed by atoms with Crippen molar-refractivity contribution in [2.45, 2.75) is 13.5 Å². The molecule has 0 saturated carbocycles. The molecule has 0 atom stereocenters. The molecule has 172 valence electrons. The second kappa shape index (κ2) is 10.6. The third-order valence-electron chi connectivity index (χ3n) is 4.47. The molecule has 2 aromatic carbocycles. The lowest BCUT2D eigenvalue weighted by atomic mass is 10.1. The maximum Gasteiger partial charge on any atom is 0.343 e. The number of nitro benzene ring substituents is 1. The van der Waals surface area contributed by atoms with Gasteiger partial charge in [-0.15, -0.1) is 0 Å². The molecule has 1 heterocycles. The zero-order valence-electron chi connectivity index (χ0n) is 17.8. The Balaban J connectivity index is 1.79. The van der Waals surface area contributed by atoms with Crippen LogP contribution in [0.25, 0.3) is 6.08 Å². The minimum Gasteiger partial charge on any atom is -0.490 e. The summed E-state index contributed by atoms with van der Waals surface area (Å²) in [5.41, 5.74) is 0.941. The summed E-state index contributed by atoms with van der Waals surface area (Å²) in [5, 5.41) is 10.5. The van der Waals surface area contributed by atoms with E-state index >= 15 is 0 Å². The van der Waals surface area contributed by atoms with Gasteiger partial charge in [-0.2, -0.15) is 0 Å². The molecule has 2 aromatic rings. The third kappa shape index (κ3) is 5.89. The molecule has 0 aromatic heterocycles. The summed E-state index contributed by atoms with van der Waals surface area (Å²) >= 11 is 0.778. The predicted molar refractivity (Wildman–Crippen MR) is 120 cm³/mol. The zero-order chi connectivity index (χ0) is 24.0. The van der Waals surface area contributed by atoms with E-state index in [-0.39, 0.29) is 23.7 Å². The Morgan fingerprint density at radius 2 is 1.94 bits per heavy atom. The lowest BCUT2D eigenvalue weighted by molar-refractivity contribution is -0.384. The van der Waals surface area contributed by atoms with Gasteiger partial charge in [0.2, 0.25) is 0 Å². The van der Waals surface area contributed by atoms with Crippen LogP contribution in [0.4, 0.5) is 10.5 Å². The number of imide groups is 1. The molecule has 1 aliphatic rings. The van der Waals surface area contributed by atoms with E-state index in [0.717, 1.165) is 16.7 Å². The Morgan fingerprint density at radius 1 is 1.15 bits per heavy atom. The number of hydrogen-bond donors (Lipinski definition) is 0. The molecule has 0 N–H and O–H groups in total. The van der Waals surface area contributed by atoms with Gasteiger partial charge in [-0.1, -0.05) is 18.2 Å². The number of nitro groups is 1. The average Bonchev–Trinajstić information content (AvgIpc) is 3.06. The number of ether oxygens (including phenoxy) is 3. The fourth-order valence-corrected chi connectivity index (χ4v) is 3.77. The maximum atomic E-state index is 12.8. The van der Waals surface area contributed by atoms with Crippen LogP contribution in [-0.4, -0.2) is 47.3 Å². The summed E-state index contributed by atoms with van der Waals surface area (Å²) in [6.07, 6.45) is 1.55. The number of carbonyl (C=O) groups excluding carboxylic acids is 3. The molecular formula is C22H20N2O8S. The summed E-state index contributed by atoms with van der Waals surface area (Å²) < 4.78 is 15.5. The van der Waals surface area contributed by atoms with Crippen LogP contribution in [0.1, 0.15) is 18.1 Å². The predicted octanol–water partition coefficient (Wildman–Crippen LogP) is 3.78. The number of hydrogen-bond acceptors (Lipinski definition) is 9. The van der Waals surface area contributed by atoms with Gasteiger partial charge in [0.25, 0.3) is 16.8 Å². The van der Waals surface area contributed by atoms with Crippen molar-refractivity contribution in [3.63, 3.8) is 0 Å². The molecule has 33 heavy (non-hydrogen) atoms. The minimum absolute atomic E-state index is 0.0752. The zero-order valence-corrected chi connectivity index (χ0v) is 18.6. The molecule has 0 bridgehead atoms. The fraction of sp³-hybridized carbons (Fsp3) is 0.227. The molecule has 0 aliphatic carbocycles. The van der Waals surface area contributed by atoms with Crippen molar-refractivity contribution >= 4 is 40.6 Å². The first-order chi connectivity index (χ1) is 15.8. The van der Waals surface area contributed by atoms with E-state index in [2.05, 4.69) is 4.74 Å². The quantitative estimate of drug-likeness (QED) is 0.232. The summed E-state index contributed by atoms with van der Waals surface area (Å²) in [7, 11) is 1.25. The molecule has 1 fully saturated rings. The molecular weight excluding hydrogens is 452 g/mol. The number of esters is 1. The second-order valence-corrected chi connectivity index (χ2v) is 7.69. The smallest absolute Gasteiger partial charge is 0.343 e. The molecule has 0 radical (unpaired) electrons. The number of thioether (sulfide) groups is 1. The molecule has 2 amide bonds. The maximum absolute atomic E-state index is 12.8. The van der Waals surface area contributed by atoms with E-state index in [0.29, 0.717) is 29.2 Å². The normalized spacial score (nSPS) is 14.5. The van der Waals surface area contributed by atoms with Gasteiger partial charge in [0.1, 0.15) is 0 Å². The van der Waals surface area contributed by atoms with Crippen LogP contribution >= 0.6 is 11.8 Å². The van der Waals surface area contributed by atoms with E-state index in [1.54, 1.807) is 37.3 Å². The van der Waals surface area contributed by atoms with Crippen LogP contribution in [-0.2, 0) is 20.9 Å². The van der Waals surface area contributed by atoms with Crippen LogP contribution in [0.2, 0.25) is 0 Å². The van der Waals surface area contributed by atoms with E-state index in [9.17, 15) is 24.5 Å². The highest BCUT2D eigenvalue weighted by Crippen LogP contribution is 2.35. The minimum atomic E-state index is -0.543. The highest BCUT2D eigenvalue weighted by Gasteiger charge is 2.35. The Hall–Kier alpha value is -3.86. The topological polar surface area (TPSA) is 125 Å². The number of methoxy groups -OCH3 is 1. The van der Waals surface area contributed by atoms with Crippen molar-refractivity contribution < 1.29 is 33.5 Å². The summed E-state index contributed by atoms with van der Waals surface area (Å²) in [5.74, 6) is -0.344. The van der Waals surface area contributed by atoms with Crippen molar-refractivity contribution in [3.8, 4) is 11.5 Å². The number of non-ortho nitro benzene ring substituents is 1. The molecule has 1 saturated heterocycles. The standard InChI is InChI=1S/C22H20N2O8S/c1-3-31-18-10-14(7-8-17(18)32-13-20(25)30-2)11-19-21(26)23(22(27)33-19)12-15-5-4-6-16(9-15)24(28)29/h4-11H,3,12-13H2,1-2H3. The first-order valence-corrected chi connectivity index (χ1v) is 10.6. The Bertz CT molecular complexity index is 1130. The fourth-order valence-electron chi connectivity index (χ4n) is 2.94. The highest BCUT2D eigenvalue weighted by molar-refractivity contribution is 8.18. The van der Waals surface area contributed by atoms with Gasteiger partial charge in [0.05, 0.1) is 30.1 Å². The lowest BCUT2D eigenvalue weighted by Crippen LogP contribution is -2.27. The van der Waals surface area contributed by atoms with Crippen LogP contribution in [0.3, 0.4) is 0 Å². The van der Waals surface area contributed by atoms with Gasteiger partial charge in [-0.3, -0.25) is 24.6 Å². The average molecular weight is 472 g/mol. The largest absolute Gasteiger partial charge is 0.490 e. The number of rotatable bonds is 9. The van der Waals surface area contributed by atoms with Gasteiger partial charge >= 0.3 is 5.97 Å². The van der Waals surface area contributed by atoms with E-state index in [1.165, 1.54) is 25.3 Å². The van der Waals surface area contributed by atoms with E-state index in [4.69, 9.17) is 9.47 Å². The van der Waals surface area contributed by atoms with Crippen LogP contribution in [0.5, 0.6) is 11.5 Å². The number of nitrogens with zero attached hydrogens (tertiary/aromatic N) is 2. The molecule has 3 rings (SSSR count). The van der Waals surface area contributed by atoms with E-state index in [1.807, 2.05) is 0 Å². The summed E-state index contributed by atoms with van der Waals surface area (Å²) in [6.45, 7) is 1.77. The third-order valence-corrected chi connectivity index (χ3v) is 5.38. The highest BCUT2D eigenvalue weighted by atomic mass is 32.2. The van der Waals surface area contributed by atoms with Crippen molar-refractivity contribution in [2.75, 3.05) is 20.3 Å². The molecule has 1 aliphatic heterocycles. The van der Waals surface area contributed by atoms with Gasteiger partial charge in [-0.05, 0) is 48.0 Å². The Labute approximate surface area is 193 Å². The molecule has 0 spiro atoms. The number of benzene rings is 2. The van der Waals surface area contributed by atoms with Gasteiger partial charge in [0.15, 0.2) is 18.1 Å². The SMILES string of the molecule is CCOc1cc(C=C2SC(=O)N(Cc3cccc([N+](=O)[O-])c3)C2=O)ccc1OCC(=O)OC. The van der Waals surface area contributed by atoms with Crippen molar-refractivity contribution in [3.05, 3.63) is 68.6 Å². The summed E-state index contributed by atoms with van der Waals surface area (Å²) in [6, 6.07) is 10.7. The molecule has 10 nitrogen and oxygen atoms in total. The summed E-state index contributed by atoms with van der Waals surface area (Å²) in [4.78, 5) is 48.2. The van der Waals surface area contributed by atoms with Gasteiger partial charge in [0, 0.05) is 12.1 Å². The monoisotopic (exact) mass is 472 g/mol. The number of carbonyl (C=O) groups is 3.